The molecule has 2 bridgehead atoms. The van der Waals surface area contributed by atoms with Gasteiger partial charge in [-0.3, -0.25) is 9.52 Å². The topological polar surface area (TPSA) is 119 Å². The number of halogens is 1. The number of methoxy groups -OCH3 is 2. The molecule has 7 atom stereocenters. The number of carbonyl (C=O) groups is 2. The van der Waals surface area contributed by atoms with Crippen LogP contribution in [0.15, 0.2) is 52.9 Å². The van der Waals surface area contributed by atoms with Gasteiger partial charge in [-0.15, -0.1) is 4.36 Å². The Labute approximate surface area is 313 Å². The van der Waals surface area contributed by atoms with Crippen LogP contribution in [-0.4, -0.2) is 99.2 Å². The van der Waals surface area contributed by atoms with Crippen LogP contribution in [0.2, 0.25) is 5.02 Å². The fraction of sp³-hybridized carbons (Fsp3) is 0.590. The average Bonchev–Trinajstić information content (AvgIpc) is 3.26. The summed E-state index contributed by atoms with van der Waals surface area (Å²) in [5, 5.41) is 0.731. The maximum atomic E-state index is 14.6. The first-order valence-electron chi connectivity index (χ1n) is 18.4. The second kappa shape index (κ2) is 16.5. The summed E-state index contributed by atoms with van der Waals surface area (Å²) in [6.45, 7) is 9.51. The molecule has 2 aromatic rings. The predicted molar refractivity (Wildman–Crippen MR) is 204 cm³/mol. The van der Waals surface area contributed by atoms with E-state index in [9.17, 15) is 13.8 Å². The third-order valence-electron chi connectivity index (χ3n) is 11.1. The summed E-state index contributed by atoms with van der Waals surface area (Å²) < 4.78 is 45.2. The Morgan fingerprint density at radius 2 is 1.98 bits per heavy atom. The first-order chi connectivity index (χ1) is 24.9. The van der Waals surface area contributed by atoms with Crippen molar-refractivity contribution in [3.05, 3.63) is 70.3 Å². The van der Waals surface area contributed by atoms with Crippen molar-refractivity contribution in [1.82, 2.24) is 9.62 Å². The molecule has 13 heteroatoms. The molecule has 4 aliphatic rings. The van der Waals surface area contributed by atoms with E-state index in [2.05, 4.69) is 46.0 Å². The van der Waals surface area contributed by atoms with Gasteiger partial charge in [0.1, 0.15) is 15.7 Å². The smallest absolute Gasteiger partial charge is 0.330 e. The second-order valence-corrected chi connectivity index (χ2v) is 17.5. The highest BCUT2D eigenvalue weighted by atomic mass is 35.5. The lowest BCUT2D eigenvalue weighted by Crippen LogP contribution is -2.52. The van der Waals surface area contributed by atoms with E-state index in [-0.39, 0.29) is 53.2 Å². The van der Waals surface area contributed by atoms with Gasteiger partial charge in [0.2, 0.25) is 0 Å². The number of anilines is 1. The molecule has 1 N–H and O–H groups in total. The van der Waals surface area contributed by atoms with Gasteiger partial charge in [-0.2, -0.15) is 0 Å². The Bertz CT molecular complexity index is 1780. The Balaban J connectivity index is 1.40. The van der Waals surface area contributed by atoms with Crippen LogP contribution >= 0.6 is 11.6 Å². The maximum absolute atomic E-state index is 14.6. The molecule has 2 aromatic carbocycles. The number of nitrogens with one attached hydrogen (secondary N) is 1. The standard InChI is InChI=1S/C39H53ClN4O7S/c1-26-8-6-10-35(49-5)28(3)27(2)20-44-24-39(15-7-9-29-18-31(40)12-13-33(29)39)25-51-36-14-11-30(19-34(36)44)37(45)41-52(47,23-26)42-38(46)43-16-17-50-32(21-43)22-48-4/h6,10-14,18-19,26-28,32,35H,7-9,15-17,20-25H2,1-5H3,(H,41,42,45,46,47)/b10-6+/t26-,27-,28+,32-,35-,39-,52?/m0/s1. The number of amides is 3. The third kappa shape index (κ3) is 8.62. The Morgan fingerprint density at radius 3 is 2.77 bits per heavy atom. The summed E-state index contributed by atoms with van der Waals surface area (Å²) in [7, 11) is -0.234. The number of morpholine rings is 1. The quantitative estimate of drug-likeness (QED) is 0.363. The van der Waals surface area contributed by atoms with E-state index in [4.69, 9.17) is 30.5 Å². The fourth-order valence-corrected chi connectivity index (χ4v) is 10.2. The van der Waals surface area contributed by atoms with E-state index in [1.54, 1.807) is 25.2 Å². The molecule has 1 aliphatic carbocycles. The van der Waals surface area contributed by atoms with Gasteiger partial charge in [-0.1, -0.05) is 50.6 Å². The van der Waals surface area contributed by atoms with E-state index >= 15 is 0 Å². The van der Waals surface area contributed by atoms with Crippen molar-refractivity contribution in [1.29, 1.82) is 0 Å². The first kappa shape index (κ1) is 38.6. The highest BCUT2D eigenvalue weighted by Crippen LogP contribution is 2.45. The van der Waals surface area contributed by atoms with E-state index < -0.39 is 21.9 Å². The Kier molecular flexibility index (Phi) is 12.2. The minimum Gasteiger partial charge on any atom is -0.490 e. The number of benzene rings is 2. The Hall–Kier alpha value is -3.16. The van der Waals surface area contributed by atoms with Crippen molar-refractivity contribution in [2.75, 3.05) is 70.9 Å². The van der Waals surface area contributed by atoms with E-state index in [1.807, 2.05) is 31.2 Å². The molecular weight excluding hydrogens is 704 g/mol. The monoisotopic (exact) mass is 756 g/mol. The molecule has 1 unspecified atom stereocenters. The number of urea groups is 1. The highest BCUT2D eigenvalue weighted by molar-refractivity contribution is 7.92. The number of fused-ring (bicyclic) bond motifs is 3. The molecule has 1 saturated heterocycles. The molecule has 1 spiro atoms. The normalized spacial score (nSPS) is 31.9. The zero-order valence-electron chi connectivity index (χ0n) is 31.0. The minimum atomic E-state index is -3.54. The van der Waals surface area contributed by atoms with Gasteiger partial charge >= 0.3 is 6.03 Å². The molecule has 1 fully saturated rings. The van der Waals surface area contributed by atoms with Crippen LogP contribution in [0.1, 0.15) is 61.5 Å². The number of hydrogen-bond acceptors (Lipinski definition) is 8. The summed E-state index contributed by atoms with van der Waals surface area (Å²) in [5.41, 5.74) is 3.29. The van der Waals surface area contributed by atoms with Gasteiger partial charge < -0.3 is 28.7 Å². The van der Waals surface area contributed by atoms with Gasteiger partial charge in [0.05, 0.1) is 50.0 Å². The van der Waals surface area contributed by atoms with Crippen LogP contribution in [0.25, 0.3) is 0 Å². The van der Waals surface area contributed by atoms with Gasteiger partial charge in [-0.05, 0) is 84.9 Å². The van der Waals surface area contributed by atoms with Crippen LogP contribution in [0.4, 0.5) is 10.5 Å². The number of rotatable bonds is 4. The van der Waals surface area contributed by atoms with E-state index in [0.717, 1.165) is 30.0 Å². The maximum Gasteiger partial charge on any atom is 0.330 e. The van der Waals surface area contributed by atoms with Crippen LogP contribution < -0.4 is 14.4 Å². The average molecular weight is 757 g/mol. The lowest BCUT2D eigenvalue weighted by molar-refractivity contribution is -0.0489. The fourth-order valence-electron chi connectivity index (χ4n) is 8.13. The zero-order valence-corrected chi connectivity index (χ0v) is 32.5. The SMILES string of the molecule is COC[C@@H]1CN(C(=O)NS2(=O)=NC(=O)c3ccc4c(c3)N(C[C@H](C)[C@@H](C)[C@@H](OC)/C=C/C[C@H](C)C2)C[C@@]2(CCCc3cc(Cl)ccc32)CO4)CCO1. The molecular formula is C39H53ClN4O7S. The van der Waals surface area contributed by atoms with Crippen molar-refractivity contribution in [2.45, 2.75) is 64.1 Å². The van der Waals surface area contributed by atoms with Gasteiger partial charge in [-0.25, -0.2) is 9.00 Å². The summed E-state index contributed by atoms with van der Waals surface area (Å²) in [6.07, 6.45) is 7.19. The van der Waals surface area contributed by atoms with Crippen LogP contribution in [0.5, 0.6) is 5.75 Å². The minimum absolute atomic E-state index is 0.00358. The molecule has 3 heterocycles. The zero-order chi connectivity index (χ0) is 37.0. The largest absolute Gasteiger partial charge is 0.490 e. The summed E-state index contributed by atoms with van der Waals surface area (Å²) in [6, 6.07) is 11.0. The highest BCUT2D eigenvalue weighted by Gasteiger charge is 2.42. The first-order valence-corrected chi connectivity index (χ1v) is 20.5. The summed E-state index contributed by atoms with van der Waals surface area (Å²) in [4.78, 5) is 31.5. The lowest BCUT2D eigenvalue weighted by atomic mass is 9.70. The molecule has 52 heavy (non-hydrogen) atoms. The molecule has 6 rings (SSSR count). The summed E-state index contributed by atoms with van der Waals surface area (Å²) >= 11 is 6.46. The van der Waals surface area contributed by atoms with Crippen molar-refractivity contribution in [2.24, 2.45) is 22.1 Å². The molecule has 3 aliphatic heterocycles. The van der Waals surface area contributed by atoms with Crippen molar-refractivity contribution in [3.8, 4) is 5.75 Å². The van der Waals surface area contributed by atoms with Crippen molar-refractivity contribution < 1.29 is 32.7 Å². The van der Waals surface area contributed by atoms with Crippen LogP contribution in [0, 0.1) is 17.8 Å². The van der Waals surface area contributed by atoms with Crippen molar-refractivity contribution in [3.63, 3.8) is 0 Å². The molecule has 3 amide bonds. The number of allylic oxidation sites excluding steroid dienone is 1. The van der Waals surface area contributed by atoms with E-state index in [1.165, 1.54) is 11.1 Å². The van der Waals surface area contributed by atoms with Gasteiger partial charge in [0.15, 0.2) is 0 Å². The molecule has 0 aromatic heterocycles. The number of aryl methyl sites for hydroxylation is 1. The third-order valence-corrected chi connectivity index (χ3v) is 13.3. The lowest BCUT2D eigenvalue weighted by Gasteiger charge is -2.42. The predicted octanol–water partition coefficient (Wildman–Crippen LogP) is 6.28. The molecule has 11 nitrogen and oxygen atoms in total. The number of carbonyl (C=O) groups excluding carboxylic acids is 2. The molecule has 284 valence electrons. The molecule has 0 saturated carbocycles. The van der Waals surface area contributed by atoms with Gasteiger partial charge in [0.25, 0.3) is 5.91 Å². The number of nitrogens with zero attached hydrogens (tertiary/aromatic N) is 3. The molecule has 0 radical (unpaired) electrons. The van der Waals surface area contributed by atoms with Crippen LogP contribution in [-0.2, 0) is 36.0 Å². The number of hydrogen-bond donors (Lipinski definition) is 1. The number of ether oxygens (including phenoxy) is 4. The summed E-state index contributed by atoms with van der Waals surface area (Å²) in [5.74, 6) is 0.224. The second-order valence-electron chi connectivity index (χ2n) is 15.1. The van der Waals surface area contributed by atoms with Gasteiger partial charge in [0, 0.05) is 49.9 Å². The van der Waals surface area contributed by atoms with Crippen LogP contribution in [0.3, 0.4) is 0 Å². The van der Waals surface area contributed by atoms with Crippen molar-refractivity contribution >= 4 is 39.1 Å². The Morgan fingerprint density at radius 1 is 1.15 bits per heavy atom. The van der Waals surface area contributed by atoms with E-state index in [0.29, 0.717) is 51.6 Å².